The first-order valence-corrected chi connectivity index (χ1v) is 9.14. The van der Waals surface area contributed by atoms with Gasteiger partial charge in [0.05, 0.1) is 17.2 Å². The van der Waals surface area contributed by atoms with Crippen LogP contribution < -0.4 is 4.74 Å². The molecule has 2 aromatic carbocycles. The Hall–Kier alpha value is -2.11. The van der Waals surface area contributed by atoms with E-state index in [1.54, 1.807) is 11.0 Å². The molecular weight excluding hydrogens is 355 g/mol. The molecule has 1 fully saturated rings. The summed E-state index contributed by atoms with van der Waals surface area (Å²) < 4.78 is 19.7. The van der Waals surface area contributed by atoms with E-state index in [9.17, 15) is 9.18 Å². The minimum absolute atomic E-state index is 0.0377. The summed E-state index contributed by atoms with van der Waals surface area (Å²) in [6, 6.07) is 12.3. The molecule has 0 aliphatic carbocycles. The average molecular weight is 377 g/mol. The summed E-state index contributed by atoms with van der Waals surface area (Å²) in [5.74, 6) is -0.0234. The van der Waals surface area contributed by atoms with Crippen molar-refractivity contribution in [2.24, 2.45) is 0 Å². The molecular formula is C20H22ClFN2O2. The molecule has 1 amide bonds. The highest BCUT2D eigenvalue weighted by atomic mass is 35.5. The highest BCUT2D eigenvalue weighted by molar-refractivity contribution is 6.33. The Morgan fingerprint density at radius 3 is 2.54 bits per heavy atom. The molecule has 26 heavy (non-hydrogen) atoms. The lowest BCUT2D eigenvalue weighted by molar-refractivity contribution is 0.0623. The molecule has 2 aromatic rings. The first kappa shape index (κ1) is 18.7. The monoisotopic (exact) mass is 376 g/mol. The molecule has 3 rings (SSSR count). The van der Waals surface area contributed by atoms with Crippen molar-refractivity contribution < 1.29 is 13.9 Å². The Morgan fingerprint density at radius 1 is 1.12 bits per heavy atom. The van der Waals surface area contributed by atoms with Gasteiger partial charge in [-0.1, -0.05) is 35.9 Å². The molecule has 0 radical (unpaired) electrons. The molecule has 0 unspecified atom stereocenters. The third-order valence-corrected chi connectivity index (χ3v) is 4.82. The summed E-state index contributed by atoms with van der Waals surface area (Å²) >= 11 is 6.01. The molecule has 1 saturated heterocycles. The van der Waals surface area contributed by atoms with E-state index in [1.807, 2.05) is 25.1 Å². The minimum atomic E-state index is -0.574. The first-order chi connectivity index (χ1) is 12.6. The number of ether oxygens (including phenoxy) is 1. The van der Waals surface area contributed by atoms with Gasteiger partial charge in [-0.3, -0.25) is 9.69 Å². The van der Waals surface area contributed by atoms with Crippen molar-refractivity contribution >= 4 is 17.5 Å². The Labute approximate surface area is 158 Å². The van der Waals surface area contributed by atoms with Crippen LogP contribution in [0, 0.1) is 5.82 Å². The van der Waals surface area contributed by atoms with E-state index in [4.69, 9.17) is 16.3 Å². The summed E-state index contributed by atoms with van der Waals surface area (Å²) in [7, 11) is 0. The van der Waals surface area contributed by atoms with Gasteiger partial charge in [-0.2, -0.15) is 0 Å². The third-order valence-electron chi connectivity index (χ3n) is 4.50. The zero-order valence-corrected chi connectivity index (χ0v) is 15.5. The molecule has 0 atom stereocenters. The first-order valence-electron chi connectivity index (χ1n) is 8.76. The van der Waals surface area contributed by atoms with Crippen LogP contribution in [0.15, 0.2) is 42.5 Å². The maximum absolute atomic E-state index is 14.0. The van der Waals surface area contributed by atoms with E-state index >= 15 is 0 Å². The lowest BCUT2D eigenvalue weighted by Gasteiger charge is -2.35. The van der Waals surface area contributed by atoms with Gasteiger partial charge in [-0.05, 0) is 25.1 Å². The summed E-state index contributed by atoms with van der Waals surface area (Å²) in [5, 5.41) is 0.156. The maximum Gasteiger partial charge on any atom is 0.258 e. The molecule has 0 spiro atoms. The van der Waals surface area contributed by atoms with Gasteiger partial charge < -0.3 is 9.64 Å². The number of carbonyl (C=O) groups excluding carboxylic acids is 1. The molecule has 0 aromatic heterocycles. The van der Waals surface area contributed by atoms with Gasteiger partial charge in [0.2, 0.25) is 0 Å². The molecule has 1 aliphatic heterocycles. The average Bonchev–Trinajstić information content (AvgIpc) is 2.64. The fourth-order valence-corrected chi connectivity index (χ4v) is 3.38. The molecule has 0 N–H and O–H groups in total. The summed E-state index contributed by atoms with van der Waals surface area (Å²) in [6.45, 7) is 5.88. The number of amides is 1. The predicted octanol–water partition coefficient (Wildman–Crippen LogP) is 3.84. The van der Waals surface area contributed by atoms with Crippen LogP contribution in [0.3, 0.4) is 0 Å². The number of hydrogen-bond donors (Lipinski definition) is 0. The van der Waals surface area contributed by atoms with Gasteiger partial charge in [0.15, 0.2) is 0 Å². The SMILES string of the molecule is CCOc1ccccc1CN1CCN(C(=O)c2c(F)cccc2Cl)CC1. The number of rotatable bonds is 5. The van der Waals surface area contributed by atoms with E-state index < -0.39 is 5.82 Å². The van der Waals surface area contributed by atoms with Crippen LogP contribution >= 0.6 is 11.6 Å². The molecule has 1 aliphatic rings. The zero-order chi connectivity index (χ0) is 18.5. The van der Waals surface area contributed by atoms with E-state index in [1.165, 1.54) is 12.1 Å². The quantitative estimate of drug-likeness (QED) is 0.795. The molecule has 6 heteroatoms. The smallest absolute Gasteiger partial charge is 0.258 e. The number of hydrogen-bond acceptors (Lipinski definition) is 3. The van der Waals surface area contributed by atoms with Crippen molar-refractivity contribution in [2.75, 3.05) is 32.8 Å². The van der Waals surface area contributed by atoms with Crippen molar-refractivity contribution in [1.29, 1.82) is 0 Å². The Kier molecular flexibility index (Phi) is 6.12. The van der Waals surface area contributed by atoms with Crippen molar-refractivity contribution in [3.05, 3.63) is 64.4 Å². The number of halogens is 2. The fraction of sp³-hybridized carbons (Fsp3) is 0.350. The van der Waals surface area contributed by atoms with Crippen molar-refractivity contribution in [2.45, 2.75) is 13.5 Å². The molecule has 0 saturated carbocycles. The Morgan fingerprint density at radius 2 is 1.85 bits per heavy atom. The largest absolute Gasteiger partial charge is 0.494 e. The lowest BCUT2D eigenvalue weighted by atomic mass is 10.1. The second kappa shape index (κ2) is 8.52. The number of benzene rings is 2. The minimum Gasteiger partial charge on any atom is -0.494 e. The molecule has 4 nitrogen and oxygen atoms in total. The van der Waals surface area contributed by atoms with Crippen LogP contribution in [-0.2, 0) is 6.54 Å². The van der Waals surface area contributed by atoms with Crippen LogP contribution in [0.5, 0.6) is 5.75 Å². The van der Waals surface area contributed by atoms with Gasteiger partial charge >= 0.3 is 0 Å². The Bertz CT molecular complexity index is 756. The number of para-hydroxylation sites is 1. The third kappa shape index (κ3) is 4.17. The normalized spacial score (nSPS) is 15.1. The predicted molar refractivity (Wildman–Crippen MR) is 100 cm³/mol. The van der Waals surface area contributed by atoms with E-state index in [0.717, 1.165) is 30.9 Å². The van der Waals surface area contributed by atoms with Crippen molar-refractivity contribution in [1.82, 2.24) is 9.80 Å². The Balaban J connectivity index is 1.62. The second-order valence-corrected chi connectivity index (χ2v) is 6.61. The highest BCUT2D eigenvalue weighted by Crippen LogP contribution is 2.23. The molecule has 0 bridgehead atoms. The van der Waals surface area contributed by atoms with Gasteiger partial charge in [0.25, 0.3) is 5.91 Å². The highest BCUT2D eigenvalue weighted by Gasteiger charge is 2.26. The van der Waals surface area contributed by atoms with Gasteiger partial charge in [-0.15, -0.1) is 0 Å². The topological polar surface area (TPSA) is 32.8 Å². The van der Waals surface area contributed by atoms with Crippen LogP contribution in [0.2, 0.25) is 5.02 Å². The number of nitrogens with zero attached hydrogens (tertiary/aromatic N) is 2. The fourth-order valence-electron chi connectivity index (χ4n) is 3.14. The summed E-state index contributed by atoms with van der Waals surface area (Å²) in [5.41, 5.74) is 1.09. The van der Waals surface area contributed by atoms with Gasteiger partial charge in [0, 0.05) is 38.3 Å². The van der Waals surface area contributed by atoms with E-state index in [2.05, 4.69) is 11.0 Å². The van der Waals surface area contributed by atoms with Gasteiger partial charge in [-0.25, -0.2) is 4.39 Å². The maximum atomic E-state index is 14.0. The lowest BCUT2D eigenvalue weighted by Crippen LogP contribution is -2.48. The van der Waals surface area contributed by atoms with E-state index in [-0.39, 0.29) is 16.5 Å². The van der Waals surface area contributed by atoms with Crippen LogP contribution in [-0.4, -0.2) is 48.5 Å². The van der Waals surface area contributed by atoms with Crippen molar-refractivity contribution in [3.63, 3.8) is 0 Å². The zero-order valence-electron chi connectivity index (χ0n) is 14.8. The van der Waals surface area contributed by atoms with Gasteiger partial charge in [0.1, 0.15) is 11.6 Å². The standard InChI is InChI=1S/C20H22ClFN2O2/c1-2-26-18-9-4-3-6-15(18)14-23-10-12-24(13-11-23)20(25)19-16(21)7-5-8-17(19)22/h3-9H,2,10-14H2,1H3. The molecule has 1 heterocycles. The summed E-state index contributed by atoms with van der Waals surface area (Å²) in [6.07, 6.45) is 0. The number of piperazine rings is 1. The van der Waals surface area contributed by atoms with Crippen molar-refractivity contribution in [3.8, 4) is 5.75 Å². The summed E-state index contributed by atoms with van der Waals surface area (Å²) in [4.78, 5) is 16.5. The molecule has 138 valence electrons. The van der Waals surface area contributed by atoms with Crippen LogP contribution in [0.1, 0.15) is 22.8 Å². The van der Waals surface area contributed by atoms with Crippen LogP contribution in [0.4, 0.5) is 4.39 Å². The van der Waals surface area contributed by atoms with Crippen LogP contribution in [0.25, 0.3) is 0 Å². The number of carbonyl (C=O) groups is 1. The second-order valence-electron chi connectivity index (χ2n) is 6.21. The van der Waals surface area contributed by atoms with E-state index in [0.29, 0.717) is 19.7 Å².